The van der Waals surface area contributed by atoms with E-state index in [1.807, 2.05) is 0 Å². The van der Waals surface area contributed by atoms with Crippen LogP contribution in [0.5, 0.6) is 0 Å². The zero-order valence-electron chi connectivity index (χ0n) is 12.8. The van der Waals surface area contributed by atoms with Crippen molar-refractivity contribution in [1.82, 2.24) is 19.8 Å². The van der Waals surface area contributed by atoms with Gasteiger partial charge in [0.2, 0.25) is 0 Å². The molecule has 1 aromatic carbocycles. The summed E-state index contributed by atoms with van der Waals surface area (Å²) in [6.45, 7) is 3.47. The van der Waals surface area contributed by atoms with Gasteiger partial charge in [-0.1, -0.05) is 12.1 Å². The second-order valence-electron chi connectivity index (χ2n) is 6.51. The van der Waals surface area contributed by atoms with E-state index < -0.39 is 0 Å². The normalized spacial score (nSPS) is 26.3. The van der Waals surface area contributed by atoms with E-state index in [-0.39, 0.29) is 0 Å². The standard InChI is InChI=1S/C17H24N4/c1-20-16-7-3-2-6-15(16)19-17(20)12-18-13-8-10-21-9-4-5-14(21)11-13/h2-3,6-7,13-14,18H,4-5,8-12H2,1H3. The summed E-state index contributed by atoms with van der Waals surface area (Å²) in [5, 5.41) is 3.74. The molecule has 2 aromatic rings. The Morgan fingerprint density at radius 3 is 3.05 bits per heavy atom. The van der Waals surface area contributed by atoms with Crippen LogP contribution in [0.2, 0.25) is 0 Å². The molecule has 21 heavy (non-hydrogen) atoms. The van der Waals surface area contributed by atoms with E-state index in [0.29, 0.717) is 6.04 Å². The minimum Gasteiger partial charge on any atom is -0.330 e. The number of nitrogens with one attached hydrogen (secondary N) is 1. The van der Waals surface area contributed by atoms with Crippen molar-refractivity contribution in [2.75, 3.05) is 13.1 Å². The van der Waals surface area contributed by atoms with Gasteiger partial charge < -0.3 is 14.8 Å². The summed E-state index contributed by atoms with van der Waals surface area (Å²) in [5.41, 5.74) is 2.32. The maximum Gasteiger partial charge on any atom is 0.123 e. The van der Waals surface area contributed by atoms with Crippen LogP contribution in [0.15, 0.2) is 24.3 Å². The first-order valence-corrected chi connectivity index (χ1v) is 8.19. The molecule has 2 fully saturated rings. The van der Waals surface area contributed by atoms with Crippen LogP contribution in [0.1, 0.15) is 31.5 Å². The van der Waals surface area contributed by atoms with Gasteiger partial charge in [-0.15, -0.1) is 0 Å². The highest BCUT2D eigenvalue weighted by atomic mass is 15.2. The van der Waals surface area contributed by atoms with Gasteiger partial charge >= 0.3 is 0 Å². The van der Waals surface area contributed by atoms with Gasteiger partial charge in [0.05, 0.1) is 17.6 Å². The molecular formula is C17H24N4. The topological polar surface area (TPSA) is 33.1 Å². The molecule has 3 heterocycles. The third-order valence-corrected chi connectivity index (χ3v) is 5.25. The Hall–Kier alpha value is -1.39. The Kier molecular flexibility index (Phi) is 3.43. The molecule has 4 heteroatoms. The maximum atomic E-state index is 4.75. The lowest BCUT2D eigenvalue weighted by Gasteiger charge is -2.35. The first kappa shape index (κ1) is 13.3. The van der Waals surface area contributed by atoms with Gasteiger partial charge in [-0.25, -0.2) is 4.98 Å². The molecule has 2 aliphatic heterocycles. The van der Waals surface area contributed by atoms with Gasteiger partial charge in [0.15, 0.2) is 0 Å². The number of benzene rings is 1. The molecule has 0 aliphatic carbocycles. The first-order chi connectivity index (χ1) is 10.3. The third kappa shape index (κ3) is 2.47. The van der Waals surface area contributed by atoms with Gasteiger partial charge in [0.25, 0.3) is 0 Å². The molecule has 0 saturated carbocycles. The SMILES string of the molecule is Cn1c(CNC2CCN3CCCC3C2)nc2ccccc21. The molecule has 0 bridgehead atoms. The van der Waals surface area contributed by atoms with Gasteiger partial charge in [0, 0.05) is 19.1 Å². The van der Waals surface area contributed by atoms with Crippen molar-refractivity contribution < 1.29 is 0 Å². The Balaban J connectivity index is 1.42. The lowest BCUT2D eigenvalue weighted by atomic mass is 9.97. The Morgan fingerprint density at radius 2 is 2.14 bits per heavy atom. The quantitative estimate of drug-likeness (QED) is 0.939. The lowest BCUT2D eigenvalue weighted by molar-refractivity contribution is 0.166. The molecular weight excluding hydrogens is 260 g/mol. The zero-order valence-corrected chi connectivity index (χ0v) is 12.8. The minimum atomic E-state index is 0.657. The number of aryl methyl sites for hydroxylation is 1. The summed E-state index contributed by atoms with van der Waals surface area (Å²) in [7, 11) is 2.12. The van der Waals surface area contributed by atoms with Crippen molar-refractivity contribution >= 4 is 11.0 Å². The molecule has 112 valence electrons. The number of hydrogen-bond acceptors (Lipinski definition) is 3. The van der Waals surface area contributed by atoms with Crippen LogP contribution >= 0.6 is 0 Å². The molecule has 2 aliphatic rings. The van der Waals surface area contributed by atoms with E-state index in [2.05, 4.69) is 46.1 Å². The van der Waals surface area contributed by atoms with Crippen LogP contribution in [0.3, 0.4) is 0 Å². The minimum absolute atomic E-state index is 0.657. The average Bonchev–Trinajstić information content (AvgIpc) is 3.10. The maximum absolute atomic E-state index is 4.75. The lowest BCUT2D eigenvalue weighted by Crippen LogP contribution is -2.45. The number of piperidine rings is 1. The second kappa shape index (κ2) is 5.43. The third-order valence-electron chi connectivity index (χ3n) is 5.25. The van der Waals surface area contributed by atoms with Crippen LogP contribution in [-0.4, -0.2) is 39.6 Å². The fourth-order valence-corrected chi connectivity index (χ4v) is 4.00. The summed E-state index contributed by atoms with van der Waals surface area (Å²) in [4.78, 5) is 7.43. The number of nitrogens with zero attached hydrogens (tertiary/aromatic N) is 3. The van der Waals surface area contributed by atoms with Crippen LogP contribution < -0.4 is 5.32 Å². The summed E-state index contributed by atoms with van der Waals surface area (Å²) in [5.74, 6) is 1.14. The largest absolute Gasteiger partial charge is 0.330 e. The molecule has 4 rings (SSSR count). The number of rotatable bonds is 3. The van der Waals surface area contributed by atoms with Crippen molar-refractivity contribution in [1.29, 1.82) is 0 Å². The number of fused-ring (bicyclic) bond motifs is 2. The predicted octanol–water partition coefficient (Wildman–Crippen LogP) is 2.29. The van der Waals surface area contributed by atoms with Crippen molar-refractivity contribution in [3.63, 3.8) is 0 Å². The molecule has 1 aromatic heterocycles. The van der Waals surface area contributed by atoms with E-state index in [4.69, 9.17) is 4.98 Å². The van der Waals surface area contributed by atoms with Crippen molar-refractivity contribution in [3.8, 4) is 0 Å². The fraction of sp³-hybridized carbons (Fsp3) is 0.588. The van der Waals surface area contributed by atoms with Gasteiger partial charge in [-0.05, 0) is 50.9 Å². The van der Waals surface area contributed by atoms with E-state index in [1.54, 1.807) is 0 Å². The highest BCUT2D eigenvalue weighted by molar-refractivity contribution is 5.75. The first-order valence-electron chi connectivity index (χ1n) is 8.19. The molecule has 0 spiro atoms. The highest BCUT2D eigenvalue weighted by Gasteiger charge is 2.31. The number of para-hydroxylation sites is 2. The molecule has 1 N–H and O–H groups in total. The average molecular weight is 284 g/mol. The molecule has 2 unspecified atom stereocenters. The number of aromatic nitrogens is 2. The van der Waals surface area contributed by atoms with Crippen LogP contribution in [-0.2, 0) is 13.6 Å². The van der Waals surface area contributed by atoms with E-state index >= 15 is 0 Å². The van der Waals surface area contributed by atoms with E-state index in [1.165, 1.54) is 44.3 Å². The smallest absolute Gasteiger partial charge is 0.123 e. The summed E-state index contributed by atoms with van der Waals surface area (Å²) in [6, 6.07) is 9.86. The molecule has 2 atom stereocenters. The van der Waals surface area contributed by atoms with E-state index in [9.17, 15) is 0 Å². The molecule has 0 amide bonds. The van der Waals surface area contributed by atoms with E-state index in [0.717, 1.165) is 23.9 Å². The monoisotopic (exact) mass is 284 g/mol. The summed E-state index contributed by atoms with van der Waals surface area (Å²) < 4.78 is 2.22. The molecule has 2 saturated heterocycles. The summed E-state index contributed by atoms with van der Waals surface area (Å²) >= 11 is 0. The highest BCUT2D eigenvalue weighted by Crippen LogP contribution is 2.27. The molecule has 0 radical (unpaired) electrons. The Morgan fingerprint density at radius 1 is 1.24 bits per heavy atom. The van der Waals surface area contributed by atoms with Crippen molar-refractivity contribution in [2.45, 2.75) is 44.3 Å². The van der Waals surface area contributed by atoms with Crippen LogP contribution in [0.25, 0.3) is 11.0 Å². The van der Waals surface area contributed by atoms with Crippen molar-refractivity contribution in [3.05, 3.63) is 30.1 Å². The van der Waals surface area contributed by atoms with Crippen LogP contribution in [0, 0.1) is 0 Å². The Labute approximate surface area is 126 Å². The number of hydrogen-bond donors (Lipinski definition) is 1. The van der Waals surface area contributed by atoms with Crippen molar-refractivity contribution in [2.24, 2.45) is 7.05 Å². The van der Waals surface area contributed by atoms with Crippen LogP contribution in [0.4, 0.5) is 0 Å². The van der Waals surface area contributed by atoms with Gasteiger partial charge in [0.1, 0.15) is 5.82 Å². The van der Waals surface area contributed by atoms with Gasteiger partial charge in [-0.3, -0.25) is 0 Å². The number of imidazole rings is 1. The Bertz CT molecular complexity index is 633. The fourth-order valence-electron chi connectivity index (χ4n) is 4.00. The molecule has 4 nitrogen and oxygen atoms in total. The zero-order chi connectivity index (χ0) is 14.2. The summed E-state index contributed by atoms with van der Waals surface area (Å²) in [6.07, 6.45) is 5.37. The predicted molar refractivity (Wildman–Crippen MR) is 85.2 cm³/mol. The second-order valence-corrected chi connectivity index (χ2v) is 6.51. The van der Waals surface area contributed by atoms with Gasteiger partial charge in [-0.2, -0.15) is 0 Å².